The number of H-pyrrole nitrogens is 1. The van der Waals surface area contributed by atoms with Crippen molar-refractivity contribution in [2.24, 2.45) is 0 Å². The number of imide groups is 1. The number of carbonyl (C=O) groups is 2. The molecule has 0 saturated heterocycles. The average Bonchev–Trinajstić information content (AvgIpc) is 3.00. The number of aromatic amines is 1. The van der Waals surface area contributed by atoms with E-state index in [2.05, 4.69) is 4.98 Å². The minimum Gasteiger partial charge on any atom is -0.354 e. The van der Waals surface area contributed by atoms with Gasteiger partial charge in [-0.15, -0.1) is 0 Å². The number of carbonyl (C=O) groups excluding carboxylic acids is 2. The number of fused-ring (bicyclic) bond motifs is 4. The molecule has 0 atom stereocenters. The second-order valence-electron chi connectivity index (χ2n) is 6.18. The Kier molecular flexibility index (Phi) is 2.99. The number of rotatable bonds is 3. The summed E-state index contributed by atoms with van der Waals surface area (Å²) in [6, 6.07) is 11.6. The molecule has 0 bridgehead atoms. The fourth-order valence-electron chi connectivity index (χ4n) is 3.14. The Hall–Kier alpha value is -2.66. The van der Waals surface area contributed by atoms with Gasteiger partial charge in [-0.3, -0.25) is 14.5 Å². The van der Waals surface area contributed by atoms with Crippen LogP contribution in [0.4, 0.5) is 0 Å². The lowest BCUT2D eigenvalue weighted by Crippen LogP contribution is -2.35. The van der Waals surface area contributed by atoms with Gasteiger partial charge in [-0.2, -0.15) is 0 Å². The molecule has 2 heterocycles. The molecule has 2 aromatic carbocycles. The molecule has 0 aliphatic carbocycles. The van der Waals surface area contributed by atoms with Crippen LogP contribution in [0.5, 0.6) is 0 Å². The first-order valence-corrected chi connectivity index (χ1v) is 7.61. The van der Waals surface area contributed by atoms with Gasteiger partial charge in [-0.1, -0.05) is 18.2 Å². The van der Waals surface area contributed by atoms with Gasteiger partial charge in [-0.25, -0.2) is 0 Å². The molecule has 1 N–H and O–H groups in total. The lowest BCUT2D eigenvalue weighted by Gasteiger charge is -2.16. The highest BCUT2D eigenvalue weighted by Gasteiger charge is 2.35. The van der Waals surface area contributed by atoms with Gasteiger partial charge in [-0.05, 0) is 32.3 Å². The Bertz CT molecular complexity index is 955. The van der Waals surface area contributed by atoms with Crippen LogP contribution in [0.3, 0.4) is 0 Å². The fourth-order valence-corrected chi connectivity index (χ4v) is 3.14. The zero-order valence-electron chi connectivity index (χ0n) is 13.1. The number of nitrogens with zero attached hydrogens (tertiary/aromatic N) is 2. The second kappa shape index (κ2) is 4.93. The predicted octanol–water partition coefficient (Wildman–Crippen LogP) is 2.48. The lowest BCUT2D eigenvalue weighted by atomic mass is 10.1. The van der Waals surface area contributed by atoms with E-state index < -0.39 is 0 Å². The van der Waals surface area contributed by atoms with Crippen LogP contribution in [0.25, 0.3) is 21.8 Å². The van der Waals surface area contributed by atoms with Gasteiger partial charge in [0.1, 0.15) is 0 Å². The molecule has 5 heteroatoms. The SMILES string of the molecule is CN(C)CCN1C(=O)c2cc3[nH]c4ccccc4c3cc2C1=O. The first-order valence-electron chi connectivity index (χ1n) is 7.61. The summed E-state index contributed by atoms with van der Waals surface area (Å²) in [7, 11) is 3.85. The summed E-state index contributed by atoms with van der Waals surface area (Å²) >= 11 is 0. The van der Waals surface area contributed by atoms with E-state index in [9.17, 15) is 9.59 Å². The predicted molar refractivity (Wildman–Crippen MR) is 89.7 cm³/mol. The molecule has 116 valence electrons. The van der Waals surface area contributed by atoms with Crippen molar-refractivity contribution in [3.8, 4) is 0 Å². The van der Waals surface area contributed by atoms with Gasteiger partial charge in [0.15, 0.2) is 0 Å². The number of hydrogen-bond acceptors (Lipinski definition) is 3. The number of amides is 2. The molecule has 1 aromatic heterocycles. The maximum Gasteiger partial charge on any atom is 0.261 e. The van der Waals surface area contributed by atoms with Crippen LogP contribution in [0.1, 0.15) is 20.7 Å². The lowest BCUT2D eigenvalue weighted by molar-refractivity contribution is 0.0645. The van der Waals surface area contributed by atoms with Crippen molar-refractivity contribution in [3.63, 3.8) is 0 Å². The Labute approximate surface area is 133 Å². The van der Waals surface area contributed by atoms with Crippen LogP contribution >= 0.6 is 0 Å². The summed E-state index contributed by atoms with van der Waals surface area (Å²) in [5, 5.41) is 2.05. The zero-order chi connectivity index (χ0) is 16.1. The molecule has 0 radical (unpaired) electrons. The number of nitrogens with one attached hydrogen (secondary N) is 1. The molecule has 4 rings (SSSR count). The highest BCUT2D eigenvalue weighted by Crippen LogP contribution is 2.32. The number of benzene rings is 2. The largest absolute Gasteiger partial charge is 0.354 e. The Morgan fingerprint density at radius 1 is 0.957 bits per heavy atom. The van der Waals surface area contributed by atoms with Gasteiger partial charge >= 0.3 is 0 Å². The van der Waals surface area contributed by atoms with Crippen LogP contribution in [0, 0.1) is 0 Å². The average molecular weight is 307 g/mol. The van der Waals surface area contributed by atoms with Crippen molar-refractivity contribution in [3.05, 3.63) is 47.5 Å². The standard InChI is InChI=1S/C18H17N3O2/c1-20(2)7-8-21-17(22)13-9-12-11-5-3-4-6-15(11)19-16(12)10-14(13)18(21)23/h3-6,9-10,19H,7-8H2,1-2H3. The third-order valence-electron chi connectivity index (χ3n) is 4.37. The molecule has 0 spiro atoms. The quantitative estimate of drug-likeness (QED) is 0.756. The van der Waals surface area contributed by atoms with Crippen LogP contribution in [0.15, 0.2) is 36.4 Å². The topological polar surface area (TPSA) is 56.4 Å². The van der Waals surface area contributed by atoms with Crippen molar-refractivity contribution in [2.45, 2.75) is 0 Å². The zero-order valence-corrected chi connectivity index (χ0v) is 13.1. The minimum atomic E-state index is -0.201. The van der Waals surface area contributed by atoms with E-state index in [1.807, 2.05) is 49.3 Å². The number of para-hydroxylation sites is 1. The highest BCUT2D eigenvalue weighted by atomic mass is 16.2. The van der Waals surface area contributed by atoms with E-state index >= 15 is 0 Å². The third-order valence-corrected chi connectivity index (χ3v) is 4.37. The van der Waals surface area contributed by atoms with E-state index in [0.717, 1.165) is 21.8 Å². The van der Waals surface area contributed by atoms with Gasteiger partial charge < -0.3 is 9.88 Å². The van der Waals surface area contributed by atoms with E-state index in [-0.39, 0.29) is 11.8 Å². The smallest absolute Gasteiger partial charge is 0.261 e. The summed E-state index contributed by atoms with van der Waals surface area (Å²) in [5.41, 5.74) is 2.90. The summed E-state index contributed by atoms with van der Waals surface area (Å²) in [6.45, 7) is 1.07. The molecular weight excluding hydrogens is 290 g/mol. The number of hydrogen-bond donors (Lipinski definition) is 1. The van der Waals surface area contributed by atoms with Gasteiger partial charge in [0.05, 0.1) is 11.1 Å². The van der Waals surface area contributed by atoms with Gasteiger partial charge in [0.2, 0.25) is 0 Å². The van der Waals surface area contributed by atoms with Crippen molar-refractivity contribution >= 4 is 33.6 Å². The highest BCUT2D eigenvalue weighted by molar-refractivity contribution is 6.24. The summed E-state index contributed by atoms with van der Waals surface area (Å²) in [4.78, 5) is 31.8. The maximum absolute atomic E-state index is 12.6. The van der Waals surface area contributed by atoms with Crippen molar-refractivity contribution < 1.29 is 9.59 Å². The first-order chi connectivity index (χ1) is 11.1. The number of aromatic nitrogens is 1. The number of likely N-dealkylation sites (N-methyl/N-ethyl adjacent to an activating group) is 1. The third kappa shape index (κ3) is 2.04. The normalized spacial score (nSPS) is 14.5. The Balaban J connectivity index is 1.84. The van der Waals surface area contributed by atoms with Crippen LogP contribution in [-0.2, 0) is 0 Å². The van der Waals surface area contributed by atoms with Crippen LogP contribution in [-0.4, -0.2) is 53.8 Å². The molecular formula is C18H17N3O2. The Morgan fingerprint density at radius 2 is 1.65 bits per heavy atom. The molecule has 1 aliphatic heterocycles. The molecule has 23 heavy (non-hydrogen) atoms. The van der Waals surface area contributed by atoms with Crippen LogP contribution in [0.2, 0.25) is 0 Å². The monoisotopic (exact) mass is 307 g/mol. The summed E-state index contributed by atoms with van der Waals surface area (Å²) < 4.78 is 0. The first kappa shape index (κ1) is 14.0. The second-order valence-corrected chi connectivity index (χ2v) is 6.18. The maximum atomic E-state index is 12.6. The molecule has 2 amide bonds. The molecule has 3 aromatic rings. The summed E-state index contributed by atoms with van der Waals surface area (Å²) in [6.07, 6.45) is 0. The molecule has 1 aliphatic rings. The van der Waals surface area contributed by atoms with Crippen molar-refractivity contribution in [1.29, 1.82) is 0 Å². The summed E-state index contributed by atoms with van der Waals surface area (Å²) in [5.74, 6) is -0.397. The van der Waals surface area contributed by atoms with E-state index in [4.69, 9.17) is 0 Å². The van der Waals surface area contributed by atoms with E-state index in [0.29, 0.717) is 24.2 Å². The van der Waals surface area contributed by atoms with Crippen molar-refractivity contribution in [2.75, 3.05) is 27.2 Å². The molecule has 5 nitrogen and oxygen atoms in total. The fraction of sp³-hybridized carbons (Fsp3) is 0.222. The molecule has 0 fully saturated rings. The van der Waals surface area contributed by atoms with E-state index in [1.165, 1.54) is 4.90 Å². The van der Waals surface area contributed by atoms with Crippen LogP contribution < -0.4 is 0 Å². The Morgan fingerprint density at radius 3 is 2.39 bits per heavy atom. The van der Waals surface area contributed by atoms with Gasteiger partial charge in [0.25, 0.3) is 11.8 Å². The van der Waals surface area contributed by atoms with Gasteiger partial charge in [0, 0.05) is 34.9 Å². The van der Waals surface area contributed by atoms with Crippen molar-refractivity contribution in [1.82, 2.24) is 14.8 Å². The molecule has 0 unspecified atom stereocenters. The molecule has 0 saturated carbocycles. The minimum absolute atomic E-state index is 0.195. The van der Waals surface area contributed by atoms with E-state index in [1.54, 1.807) is 6.07 Å².